The number of non-ortho nitro benzene ring substituents is 1. The summed E-state index contributed by atoms with van der Waals surface area (Å²) in [6.07, 6.45) is 0. The Kier molecular flexibility index (Phi) is 3.52. The van der Waals surface area contributed by atoms with Gasteiger partial charge in [0.15, 0.2) is 0 Å². The molecule has 0 saturated carbocycles. The van der Waals surface area contributed by atoms with Crippen molar-refractivity contribution in [2.75, 3.05) is 0 Å². The zero-order valence-electron chi connectivity index (χ0n) is 10.8. The topological polar surface area (TPSA) is 80.4 Å². The van der Waals surface area contributed by atoms with Crippen LogP contribution in [0.1, 0.15) is 18.1 Å². The average molecular weight is 271 g/mol. The van der Waals surface area contributed by atoms with Crippen molar-refractivity contribution in [2.24, 2.45) is 0 Å². The van der Waals surface area contributed by atoms with Crippen LogP contribution in [-0.4, -0.2) is 16.0 Å². The molecule has 1 atom stereocenters. The van der Waals surface area contributed by atoms with E-state index in [1.807, 2.05) is 6.07 Å². The van der Waals surface area contributed by atoms with E-state index in [0.29, 0.717) is 11.1 Å². The van der Waals surface area contributed by atoms with Crippen molar-refractivity contribution in [1.82, 2.24) is 0 Å². The third-order valence-electron chi connectivity index (χ3n) is 3.43. The predicted molar refractivity (Wildman–Crippen MR) is 73.6 cm³/mol. The fourth-order valence-corrected chi connectivity index (χ4v) is 2.10. The fourth-order valence-electron chi connectivity index (χ4n) is 2.10. The first-order chi connectivity index (χ1) is 9.46. The van der Waals surface area contributed by atoms with E-state index in [2.05, 4.69) is 0 Å². The summed E-state index contributed by atoms with van der Waals surface area (Å²) >= 11 is 0. The van der Waals surface area contributed by atoms with Crippen molar-refractivity contribution in [3.63, 3.8) is 0 Å². The number of hydrogen-bond acceptors (Lipinski definition) is 3. The van der Waals surface area contributed by atoms with Gasteiger partial charge in [-0.2, -0.15) is 0 Å². The molecule has 0 aromatic heterocycles. The lowest BCUT2D eigenvalue weighted by Gasteiger charge is -2.25. The number of rotatable bonds is 4. The molecular weight excluding hydrogens is 258 g/mol. The van der Waals surface area contributed by atoms with Gasteiger partial charge in [0.25, 0.3) is 5.69 Å². The molecule has 0 unspecified atom stereocenters. The number of aliphatic carboxylic acids is 1. The first-order valence-corrected chi connectivity index (χ1v) is 6.00. The molecule has 2 aromatic rings. The lowest BCUT2D eigenvalue weighted by Crippen LogP contribution is -2.33. The van der Waals surface area contributed by atoms with E-state index in [4.69, 9.17) is 0 Å². The highest BCUT2D eigenvalue weighted by Crippen LogP contribution is 2.33. The molecule has 0 aliphatic heterocycles. The molecule has 0 aliphatic rings. The molecule has 5 nitrogen and oxygen atoms in total. The zero-order chi connectivity index (χ0) is 14.8. The molecule has 0 aliphatic carbocycles. The Morgan fingerprint density at radius 1 is 1.05 bits per heavy atom. The number of nitrogens with zero attached hydrogens (tertiary/aromatic N) is 1. The van der Waals surface area contributed by atoms with Crippen molar-refractivity contribution < 1.29 is 14.8 Å². The van der Waals surface area contributed by atoms with Gasteiger partial charge in [-0.05, 0) is 18.1 Å². The molecule has 1 N–H and O–H groups in total. The minimum atomic E-state index is -1.24. The van der Waals surface area contributed by atoms with Crippen LogP contribution in [0.2, 0.25) is 0 Å². The van der Waals surface area contributed by atoms with E-state index in [9.17, 15) is 20.0 Å². The van der Waals surface area contributed by atoms with Crippen molar-refractivity contribution in [3.8, 4) is 0 Å². The number of carbonyl (C=O) groups is 1. The van der Waals surface area contributed by atoms with E-state index < -0.39 is 16.3 Å². The minimum Gasteiger partial charge on any atom is -0.480 e. The monoisotopic (exact) mass is 271 g/mol. The van der Waals surface area contributed by atoms with Crippen LogP contribution in [0.5, 0.6) is 0 Å². The van der Waals surface area contributed by atoms with Crippen LogP contribution >= 0.6 is 0 Å². The van der Waals surface area contributed by atoms with Gasteiger partial charge in [0.2, 0.25) is 0 Å². The molecule has 0 amide bonds. The summed E-state index contributed by atoms with van der Waals surface area (Å²) < 4.78 is 0. The SMILES string of the molecule is C[C@@](C(=O)O)(c1ccccc1)c1ccc([N+](=O)[O-])cc1. The highest BCUT2D eigenvalue weighted by atomic mass is 16.6. The molecule has 2 rings (SSSR count). The maximum absolute atomic E-state index is 11.7. The van der Waals surface area contributed by atoms with Gasteiger partial charge in [-0.1, -0.05) is 42.5 Å². The van der Waals surface area contributed by atoms with Crippen LogP contribution in [-0.2, 0) is 10.2 Å². The number of carboxylic acid groups (broad SMARTS) is 1. The van der Waals surface area contributed by atoms with Crippen LogP contribution in [0.15, 0.2) is 54.6 Å². The van der Waals surface area contributed by atoms with Crippen LogP contribution < -0.4 is 0 Å². The van der Waals surface area contributed by atoms with Crippen LogP contribution in [0.4, 0.5) is 5.69 Å². The molecule has 0 spiro atoms. The molecule has 0 bridgehead atoms. The lowest BCUT2D eigenvalue weighted by molar-refractivity contribution is -0.384. The quantitative estimate of drug-likeness (QED) is 0.684. The van der Waals surface area contributed by atoms with Gasteiger partial charge in [-0.15, -0.1) is 0 Å². The average Bonchev–Trinajstić information content (AvgIpc) is 2.47. The Morgan fingerprint density at radius 3 is 2.00 bits per heavy atom. The summed E-state index contributed by atoms with van der Waals surface area (Å²) in [6, 6.07) is 14.4. The Balaban J connectivity index is 2.54. The summed E-state index contributed by atoms with van der Waals surface area (Å²) in [5.74, 6) is -1.00. The molecule has 2 aromatic carbocycles. The van der Waals surface area contributed by atoms with E-state index in [1.165, 1.54) is 24.3 Å². The van der Waals surface area contributed by atoms with Crippen molar-refractivity contribution >= 4 is 11.7 Å². The van der Waals surface area contributed by atoms with E-state index in [0.717, 1.165) is 0 Å². The molecule has 0 saturated heterocycles. The van der Waals surface area contributed by atoms with E-state index in [-0.39, 0.29) is 5.69 Å². The van der Waals surface area contributed by atoms with E-state index in [1.54, 1.807) is 31.2 Å². The van der Waals surface area contributed by atoms with Gasteiger partial charge in [0.05, 0.1) is 4.92 Å². The summed E-state index contributed by atoms with van der Waals surface area (Å²) in [4.78, 5) is 21.9. The first kappa shape index (κ1) is 13.7. The predicted octanol–water partition coefficient (Wildman–Crippen LogP) is 2.99. The second-order valence-corrected chi connectivity index (χ2v) is 4.60. The number of nitro groups is 1. The van der Waals surface area contributed by atoms with Gasteiger partial charge in [0.1, 0.15) is 5.41 Å². The first-order valence-electron chi connectivity index (χ1n) is 6.00. The number of carboxylic acids is 1. The standard InChI is InChI=1S/C15H13NO4/c1-15(14(17)18,11-5-3-2-4-6-11)12-7-9-13(10-8-12)16(19)20/h2-10H,1H3,(H,17,18)/t15-/m1/s1. The van der Waals surface area contributed by atoms with Gasteiger partial charge in [0, 0.05) is 12.1 Å². The van der Waals surface area contributed by atoms with E-state index >= 15 is 0 Å². The van der Waals surface area contributed by atoms with Crippen LogP contribution in [0, 0.1) is 10.1 Å². The molecule has 20 heavy (non-hydrogen) atoms. The van der Waals surface area contributed by atoms with Gasteiger partial charge < -0.3 is 5.11 Å². The zero-order valence-corrected chi connectivity index (χ0v) is 10.8. The molecule has 5 heteroatoms. The Labute approximate surface area is 115 Å². The number of nitro benzene ring substituents is 1. The highest BCUT2D eigenvalue weighted by Gasteiger charge is 2.37. The van der Waals surface area contributed by atoms with Crippen LogP contribution in [0.3, 0.4) is 0 Å². The van der Waals surface area contributed by atoms with Gasteiger partial charge >= 0.3 is 5.97 Å². The maximum Gasteiger partial charge on any atom is 0.318 e. The van der Waals surface area contributed by atoms with Crippen LogP contribution in [0.25, 0.3) is 0 Å². The largest absolute Gasteiger partial charge is 0.480 e. The number of benzene rings is 2. The third kappa shape index (κ3) is 2.25. The molecule has 0 radical (unpaired) electrons. The Hall–Kier alpha value is -2.69. The summed E-state index contributed by atoms with van der Waals surface area (Å²) in [5, 5.41) is 20.2. The molecular formula is C15H13NO4. The van der Waals surface area contributed by atoms with Crippen molar-refractivity contribution in [1.29, 1.82) is 0 Å². The highest BCUT2D eigenvalue weighted by molar-refractivity contribution is 5.85. The van der Waals surface area contributed by atoms with Gasteiger partial charge in [-0.3, -0.25) is 14.9 Å². The van der Waals surface area contributed by atoms with Crippen molar-refractivity contribution in [2.45, 2.75) is 12.3 Å². The summed E-state index contributed by atoms with van der Waals surface area (Å²) in [6.45, 7) is 1.59. The maximum atomic E-state index is 11.7. The third-order valence-corrected chi connectivity index (χ3v) is 3.43. The Bertz CT molecular complexity index is 637. The lowest BCUT2D eigenvalue weighted by atomic mass is 9.76. The normalized spacial score (nSPS) is 13.4. The second kappa shape index (κ2) is 5.13. The molecule has 0 heterocycles. The molecule has 102 valence electrons. The Morgan fingerprint density at radius 2 is 1.55 bits per heavy atom. The van der Waals surface area contributed by atoms with Gasteiger partial charge in [-0.25, -0.2) is 0 Å². The minimum absolute atomic E-state index is 0.0606. The molecule has 0 fully saturated rings. The second-order valence-electron chi connectivity index (χ2n) is 4.60. The fraction of sp³-hybridized carbons (Fsp3) is 0.133. The smallest absolute Gasteiger partial charge is 0.318 e. The van der Waals surface area contributed by atoms with Crippen molar-refractivity contribution in [3.05, 3.63) is 75.8 Å². The number of hydrogen-bond donors (Lipinski definition) is 1. The summed E-state index contributed by atoms with van der Waals surface area (Å²) in [5.41, 5.74) is -0.172. The summed E-state index contributed by atoms with van der Waals surface area (Å²) in [7, 11) is 0.